The van der Waals surface area contributed by atoms with Gasteiger partial charge in [-0.15, -0.1) is 0 Å². The van der Waals surface area contributed by atoms with Crippen molar-refractivity contribution in [3.63, 3.8) is 0 Å². The van der Waals surface area contributed by atoms with Gasteiger partial charge in [0.2, 0.25) is 10.0 Å². The second kappa shape index (κ2) is 7.55. The maximum atomic E-state index is 12.5. The fourth-order valence-electron chi connectivity index (χ4n) is 2.84. The summed E-state index contributed by atoms with van der Waals surface area (Å²) in [7, 11) is -3.28. The molecule has 0 bridgehead atoms. The number of hydrogen-bond donors (Lipinski definition) is 0. The summed E-state index contributed by atoms with van der Waals surface area (Å²) in [6.07, 6.45) is 1.38. The van der Waals surface area contributed by atoms with Gasteiger partial charge in [0, 0.05) is 18.1 Å². The zero-order chi connectivity index (χ0) is 17.0. The molecule has 2 aromatic rings. The minimum Gasteiger partial charge on any atom is -0.490 e. The highest BCUT2D eigenvalue weighted by Gasteiger charge is 2.28. The third-order valence-electron chi connectivity index (χ3n) is 4.09. The van der Waals surface area contributed by atoms with Gasteiger partial charge in [0.1, 0.15) is 11.9 Å². The first kappa shape index (κ1) is 17.3. The molecule has 0 spiro atoms. The summed E-state index contributed by atoms with van der Waals surface area (Å²) in [6, 6.07) is 16.6. The fourth-order valence-corrected chi connectivity index (χ4v) is 4.58. The molecule has 0 amide bonds. The standard InChI is InChI=1S/C18H20ClNO3S/c19-16-7-4-8-18(13-16)23-17-9-11-20(12-10-17)24(21,22)14-15-5-2-1-3-6-15/h1-8,13,17H,9-12,14H2. The molecule has 1 heterocycles. The van der Waals surface area contributed by atoms with Crippen LogP contribution in [0.25, 0.3) is 0 Å². The maximum absolute atomic E-state index is 12.5. The van der Waals surface area contributed by atoms with E-state index in [2.05, 4.69) is 0 Å². The van der Waals surface area contributed by atoms with Crippen LogP contribution in [-0.4, -0.2) is 31.9 Å². The molecule has 6 heteroatoms. The minimum atomic E-state index is -3.28. The number of nitrogens with zero attached hydrogens (tertiary/aromatic N) is 1. The van der Waals surface area contributed by atoms with E-state index < -0.39 is 10.0 Å². The van der Waals surface area contributed by atoms with Gasteiger partial charge in [-0.05, 0) is 36.6 Å². The second-order valence-electron chi connectivity index (χ2n) is 5.92. The highest BCUT2D eigenvalue weighted by atomic mass is 35.5. The first-order chi connectivity index (χ1) is 11.5. The van der Waals surface area contributed by atoms with Crippen molar-refractivity contribution < 1.29 is 13.2 Å². The smallest absolute Gasteiger partial charge is 0.218 e. The third kappa shape index (κ3) is 4.50. The molecule has 4 nitrogen and oxygen atoms in total. The van der Waals surface area contributed by atoms with Crippen LogP contribution in [0.2, 0.25) is 5.02 Å². The summed E-state index contributed by atoms with van der Waals surface area (Å²) >= 11 is 5.96. The van der Waals surface area contributed by atoms with Gasteiger partial charge in [-0.1, -0.05) is 48.0 Å². The van der Waals surface area contributed by atoms with Crippen LogP contribution >= 0.6 is 11.6 Å². The van der Waals surface area contributed by atoms with Gasteiger partial charge in [-0.25, -0.2) is 12.7 Å². The van der Waals surface area contributed by atoms with Crippen LogP contribution < -0.4 is 4.74 Å². The normalized spacial score (nSPS) is 16.9. The molecule has 0 N–H and O–H groups in total. The van der Waals surface area contributed by atoms with E-state index in [4.69, 9.17) is 16.3 Å². The van der Waals surface area contributed by atoms with Gasteiger partial charge in [0.25, 0.3) is 0 Å². The Morgan fingerprint density at radius 2 is 1.75 bits per heavy atom. The van der Waals surface area contributed by atoms with Crippen LogP contribution in [0.3, 0.4) is 0 Å². The lowest BCUT2D eigenvalue weighted by Crippen LogP contribution is -2.42. The molecule has 0 aliphatic carbocycles. The monoisotopic (exact) mass is 365 g/mol. The van der Waals surface area contributed by atoms with E-state index >= 15 is 0 Å². The molecule has 0 saturated carbocycles. The highest BCUT2D eigenvalue weighted by Crippen LogP contribution is 2.23. The molecule has 0 aromatic heterocycles. The predicted molar refractivity (Wildman–Crippen MR) is 95.7 cm³/mol. The average molecular weight is 366 g/mol. The summed E-state index contributed by atoms with van der Waals surface area (Å²) in [6.45, 7) is 0.973. The molecule has 3 rings (SSSR count). The van der Waals surface area contributed by atoms with Crippen LogP contribution in [0.1, 0.15) is 18.4 Å². The molecular formula is C18H20ClNO3S. The summed E-state index contributed by atoms with van der Waals surface area (Å²) in [5.74, 6) is 0.779. The second-order valence-corrected chi connectivity index (χ2v) is 8.32. The lowest BCUT2D eigenvalue weighted by Gasteiger charge is -2.31. The number of benzene rings is 2. The van der Waals surface area contributed by atoms with Crippen molar-refractivity contribution in [2.24, 2.45) is 0 Å². The Hall–Kier alpha value is -1.56. The van der Waals surface area contributed by atoms with Crippen LogP contribution in [-0.2, 0) is 15.8 Å². The zero-order valence-electron chi connectivity index (χ0n) is 13.3. The number of hydrogen-bond acceptors (Lipinski definition) is 3. The van der Waals surface area contributed by atoms with E-state index in [0.717, 1.165) is 11.3 Å². The molecule has 1 aliphatic heterocycles. The van der Waals surface area contributed by atoms with Crippen LogP contribution in [0.4, 0.5) is 0 Å². The van der Waals surface area contributed by atoms with Crippen molar-refractivity contribution in [2.75, 3.05) is 13.1 Å². The summed E-state index contributed by atoms with van der Waals surface area (Å²) in [5, 5.41) is 0.635. The van der Waals surface area contributed by atoms with Crippen molar-refractivity contribution in [1.29, 1.82) is 0 Å². The summed E-state index contributed by atoms with van der Waals surface area (Å²) in [5.41, 5.74) is 0.815. The SMILES string of the molecule is O=S(=O)(Cc1ccccc1)N1CCC(Oc2cccc(Cl)c2)CC1. The largest absolute Gasteiger partial charge is 0.490 e. The van der Waals surface area contributed by atoms with E-state index in [1.807, 2.05) is 42.5 Å². The van der Waals surface area contributed by atoms with Gasteiger partial charge in [0.05, 0.1) is 5.75 Å². The van der Waals surface area contributed by atoms with E-state index in [1.165, 1.54) is 0 Å². The first-order valence-electron chi connectivity index (χ1n) is 7.97. The molecule has 0 atom stereocenters. The molecule has 0 unspecified atom stereocenters. The average Bonchev–Trinajstić information content (AvgIpc) is 2.56. The third-order valence-corrected chi connectivity index (χ3v) is 6.17. The number of sulfonamides is 1. The maximum Gasteiger partial charge on any atom is 0.218 e. The van der Waals surface area contributed by atoms with Crippen molar-refractivity contribution in [3.8, 4) is 5.75 Å². The van der Waals surface area contributed by atoms with Gasteiger partial charge in [0.15, 0.2) is 0 Å². The van der Waals surface area contributed by atoms with E-state index in [-0.39, 0.29) is 11.9 Å². The van der Waals surface area contributed by atoms with Gasteiger partial charge in [-0.3, -0.25) is 0 Å². The van der Waals surface area contributed by atoms with Crippen LogP contribution in [0, 0.1) is 0 Å². The van der Waals surface area contributed by atoms with Gasteiger partial charge >= 0.3 is 0 Å². The Kier molecular flexibility index (Phi) is 5.43. The Balaban J connectivity index is 1.56. The lowest BCUT2D eigenvalue weighted by molar-refractivity contribution is 0.135. The number of halogens is 1. The van der Waals surface area contributed by atoms with E-state index in [9.17, 15) is 8.42 Å². The van der Waals surface area contributed by atoms with Crippen LogP contribution in [0.15, 0.2) is 54.6 Å². The Morgan fingerprint density at radius 3 is 2.42 bits per heavy atom. The molecular weight excluding hydrogens is 346 g/mol. The van der Waals surface area contributed by atoms with E-state index in [0.29, 0.717) is 31.0 Å². The summed E-state index contributed by atoms with van der Waals surface area (Å²) in [4.78, 5) is 0. The summed E-state index contributed by atoms with van der Waals surface area (Å²) < 4.78 is 32.5. The Bertz CT molecular complexity index is 772. The van der Waals surface area contributed by atoms with Crippen LogP contribution in [0.5, 0.6) is 5.75 Å². The van der Waals surface area contributed by atoms with E-state index in [1.54, 1.807) is 16.4 Å². The molecule has 0 radical (unpaired) electrons. The molecule has 24 heavy (non-hydrogen) atoms. The first-order valence-corrected chi connectivity index (χ1v) is 9.96. The quantitative estimate of drug-likeness (QED) is 0.811. The van der Waals surface area contributed by atoms with Gasteiger partial charge in [-0.2, -0.15) is 0 Å². The molecule has 2 aromatic carbocycles. The molecule has 128 valence electrons. The van der Waals surface area contributed by atoms with Crippen molar-refractivity contribution in [1.82, 2.24) is 4.31 Å². The molecule has 1 fully saturated rings. The number of piperidine rings is 1. The lowest BCUT2D eigenvalue weighted by atomic mass is 10.1. The topological polar surface area (TPSA) is 46.6 Å². The number of ether oxygens (including phenoxy) is 1. The highest BCUT2D eigenvalue weighted by molar-refractivity contribution is 7.88. The Morgan fingerprint density at radius 1 is 1.04 bits per heavy atom. The zero-order valence-corrected chi connectivity index (χ0v) is 14.8. The van der Waals surface area contributed by atoms with Crippen molar-refractivity contribution in [2.45, 2.75) is 24.7 Å². The Labute approximate surface area is 148 Å². The minimum absolute atomic E-state index is 0.0200. The number of rotatable bonds is 5. The fraction of sp³-hybridized carbons (Fsp3) is 0.333. The van der Waals surface area contributed by atoms with Crippen molar-refractivity contribution >= 4 is 21.6 Å². The van der Waals surface area contributed by atoms with Gasteiger partial charge < -0.3 is 4.74 Å². The predicted octanol–water partition coefficient (Wildman–Crippen LogP) is 3.71. The van der Waals surface area contributed by atoms with Crippen molar-refractivity contribution in [3.05, 3.63) is 65.2 Å². The molecule has 1 saturated heterocycles. The molecule has 1 aliphatic rings.